The van der Waals surface area contributed by atoms with Crippen LogP contribution in [0.25, 0.3) is 22.3 Å². The lowest BCUT2D eigenvalue weighted by Crippen LogP contribution is -2.56. The van der Waals surface area contributed by atoms with Crippen LogP contribution in [0.4, 0.5) is 4.39 Å². The Morgan fingerprint density at radius 3 is 2.42 bits per heavy atom. The number of pyridine rings is 2. The van der Waals surface area contributed by atoms with Crippen LogP contribution in [0.5, 0.6) is 0 Å². The quantitative estimate of drug-likeness (QED) is 0.0207. The number of aryl methyl sites for hydroxylation is 2. The number of nitrogens with zero attached hydrogens (tertiary/aromatic N) is 5. The number of aromatic nitrogens is 4. The summed E-state index contributed by atoms with van der Waals surface area (Å²) < 4.78 is 50.6. The molecule has 0 bridgehead atoms. The Morgan fingerprint density at radius 2 is 1.74 bits per heavy atom. The molecule has 5 heterocycles. The van der Waals surface area contributed by atoms with Crippen molar-refractivity contribution in [2.75, 3.05) is 46.8 Å². The van der Waals surface area contributed by atoms with Crippen molar-refractivity contribution in [2.24, 2.45) is 5.92 Å². The van der Waals surface area contributed by atoms with Crippen LogP contribution in [0.15, 0.2) is 40.5 Å². The summed E-state index contributed by atoms with van der Waals surface area (Å²) in [5.74, 6) is 2.08. The zero-order valence-corrected chi connectivity index (χ0v) is 43.1. The maximum atomic E-state index is 14.9. The number of sulfone groups is 1. The third-order valence-corrected chi connectivity index (χ3v) is 13.6. The van der Waals surface area contributed by atoms with Gasteiger partial charge in [0.1, 0.15) is 31.2 Å². The number of rotatable bonds is 23. The van der Waals surface area contributed by atoms with Crippen LogP contribution in [0.2, 0.25) is 0 Å². The average Bonchev–Trinajstić information content (AvgIpc) is 3.71. The van der Waals surface area contributed by atoms with Gasteiger partial charge in [-0.05, 0) is 102 Å². The van der Waals surface area contributed by atoms with Gasteiger partial charge in [-0.2, -0.15) is 0 Å². The Kier molecular flexibility index (Phi) is 18.6. The number of hydrogen-bond donors (Lipinski definition) is 5. The maximum Gasteiger partial charge on any atom is 0.343 e. The Hall–Kier alpha value is -6.67. The molecule has 392 valence electrons. The predicted molar refractivity (Wildman–Crippen MR) is 266 cm³/mol. The first-order valence-electron chi connectivity index (χ1n) is 24.3. The zero-order valence-electron chi connectivity index (χ0n) is 42.3. The van der Waals surface area contributed by atoms with Gasteiger partial charge in [0.25, 0.3) is 5.56 Å². The molecule has 6 rings (SSSR count). The number of hydrogen-bond acceptors (Lipinski definition) is 15. The van der Waals surface area contributed by atoms with Crippen LogP contribution >= 0.6 is 0 Å². The Balaban J connectivity index is 1.00. The van der Waals surface area contributed by atoms with Crippen molar-refractivity contribution in [1.29, 1.82) is 0 Å². The molecule has 3 aromatic heterocycles. The fraction of sp³-hybridized carbons (Fsp3) is 0.510. The summed E-state index contributed by atoms with van der Waals surface area (Å²) in [6, 6.07) is 2.72. The number of esters is 1. The van der Waals surface area contributed by atoms with Gasteiger partial charge in [-0.25, -0.2) is 32.6 Å². The van der Waals surface area contributed by atoms with Crippen LogP contribution < -0.4 is 26.8 Å². The molecule has 2 aliphatic heterocycles. The number of carbonyl (C=O) groups excluding carboxylic acids is 5. The van der Waals surface area contributed by atoms with E-state index >= 15 is 0 Å². The summed E-state index contributed by atoms with van der Waals surface area (Å²) in [6.45, 7) is 7.08. The van der Waals surface area contributed by atoms with Crippen molar-refractivity contribution in [3.05, 3.63) is 80.1 Å². The van der Waals surface area contributed by atoms with Crippen LogP contribution in [-0.4, -0.2) is 126 Å². The first-order valence-corrected chi connectivity index (χ1v) is 26.2. The van der Waals surface area contributed by atoms with Crippen molar-refractivity contribution in [3.8, 4) is 23.2 Å². The number of nitrogens with one attached hydrogen (secondary N) is 4. The second-order valence-corrected chi connectivity index (χ2v) is 20.9. The van der Waals surface area contributed by atoms with Crippen LogP contribution in [0.3, 0.4) is 0 Å². The number of unbranched alkanes of at least 4 members (excludes halogenated alkanes) is 2. The van der Waals surface area contributed by atoms with Crippen LogP contribution in [-0.2, 0) is 68.5 Å². The molecule has 22 heteroatoms. The Morgan fingerprint density at radius 1 is 1.00 bits per heavy atom. The minimum Gasteiger partial charge on any atom is -0.458 e. The molecule has 4 amide bonds. The van der Waals surface area contributed by atoms with Gasteiger partial charge in [-0.15, -0.1) is 0 Å². The molecule has 0 saturated carbocycles. The van der Waals surface area contributed by atoms with Crippen molar-refractivity contribution < 1.29 is 51.4 Å². The van der Waals surface area contributed by atoms with E-state index < -0.39 is 69.1 Å². The molecular weight excluding hydrogens is 966 g/mol. The summed E-state index contributed by atoms with van der Waals surface area (Å²) in [6.07, 6.45) is 6.90. The number of aliphatic hydroxyl groups is 1. The van der Waals surface area contributed by atoms with Crippen molar-refractivity contribution in [3.63, 3.8) is 0 Å². The molecule has 0 saturated heterocycles. The second-order valence-electron chi connectivity index (χ2n) is 18.9. The minimum atomic E-state index is -3.54. The monoisotopic (exact) mass is 1030 g/mol. The van der Waals surface area contributed by atoms with Gasteiger partial charge in [-0.1, -0.05) is 32.6 Å². The normalized spacial score (nSPS) is 15.6. The number of fused-ring (bicyclic) bond motifs is 5. The largest absolute Gasteiger partial charge is 0.458 e. The summed E-state index contributed by atoms with van der Waals surface area (Å²) >= 11 is 0. The smallest absolute Gasteiger partial charge is 0.343 e. The van der Waals surface area contributed by atoms with E-state index in [0.29, 0.717) is 65.5 Å². The number of ether oxygens (including phenoxy) is 2. The highest BCUT2D eigenvalue weighted by Gasteiger charge is 2.45. The lowest BCUT2D eigenvalue weighted by molar-refractivity contribution is -0.172. The summed E-state index contributed by atoms with van der Waals surface area (Å²) in [5, 5.41) is 22.5. The molecule has 20 nitrogen and oxygen atoms in total. The lowest BCUT2D eigenvalue weighted by Gasteiger charge is -2.31. The number of carbonyl (C=O) groups is 5. The predicted octanol–water partition coefficient (Wildman–Crippen LogP) is 2.44. The van der Waals surface area contributed by atoms with Gasteiger partial charge >= 0.3 is 5.97 Å². The summed E-state index contributed by atoms with van der Waals surface area (Å²) in [7, 11) is 0.317. The molecule has 0 radical (unpaired) electrons. The van der Waals surface area contributed by atoms with E-state index in [1.54, 1.807) is 39.8 Å². The van der Waals surface area contributed by atoms with E-state index in [9.17, 15) is 46.7 Å². The molecule has 2 unspecified atom stereocenters. The molecule has 0 spiro atoms. The van der Waals surface area contributed by atoms with E-state index in [4.69, 9.17) is 14.5 Å². The lowest BCUT2D eigenvalue weighted by atomic mass is 9.86. The molecule has 0 fully saturated rings. The van der Waals surface area contributed by atoms with E-state index in [1.165, 1.54) is 23.0 Å². The fourth-order valence-electron chi connectivity index (χ4n) is 8.65. The van der Waals surface area contributed by atoms with Crippen molar-refractivity contribution in [1.82, 2.24) is 45.7 Å². The maximum absolute atomic E-state index is 14.9. The van der Waals surface area contributed by atoms with E-state index in [0.717, 1.165) is 30.3 Å². The SMILES string of the molecule is CC[C@@]1(O)C(=O)OCc2c1cc1n(c2=O)Cc2c-1nc1cc(F)c(C)cc1c2CCCOCNC(=O)CNC(=O)C(CCCCN(C)C)NC(=O)C(NC(=O)CCCC#Cc1cnc(S(C)(=O)=O)nc1)C(C)C. The fourth-order valence-corrected chi connectivity index (χ4v) is 9.13. The number of halogens is 1. The molecule has 0 aliphatic carbocycles. The van der Waals surface area contributed by atoms with Gasteiger partial charge < -0.3 is 45.3 Å². The molecule has 4 aromatic rings. The van der Waals surface area contributed by atoms with Gasteiger partial charge in [0.15, 0.2) is 5.60 Å². The molecular formula is C51H64FN9O11S. The van der Waals surface area contributed by atoms with Crippen LogP contribution in [0, 0.1) is 30.5 Å². The third kappa shape index (κ3) is 13.7. The summed E-state index contributed by atoms with van der Waals surface area (Å²) in [5.41, 5.74) is 1.59. The first-order chi connectivity index (χ1) is 34.6. The minimum absolute atomic E-state index is 0.0117. The molecule has 73 heavy (non-hydrogen) atoms. The van der Waals surface area contributed by atoms with Crippen LogP contribution in [0.1, 0.15) is 106 Å². The highest BCUT2D eigenvalue weighted by molar-refractivity contribution is 7.90. The molecule has 2 aliphatic rings. The second kappa shape index (κ2) is 24.4. The summed E-state index contributed by atoms with van der Waals surface area (Å²) in [4.78, 5) is 93.9. The van der Waals surface area contributed by atoms with Crippen molar-refractivity contribution in [2.45, 2.75) is 121 Å². The van der Waals surface area contributed by atoms with E-state index in [2.05, 4.69) is 43.1 Å². The average molecular weight is 1030 g/mol. The molecule has 1 aromatic carbocycles. The van der Waals surface area contributed by atoms with Gasteiger partial charge in [-0.3, -0.25) is 24.0 Å². The zero-order chi connectivity index (χ0) is 53.2. The van der Waals surface area contributed by atoms with Gasteiger partial charge in [0, 0.05) is 60.7 Å². The number of cyclic esters (lactones) is 1. The van der Waals surface area contributed by atoms with Crippen molar-refractivity contribution >= 4 is 50.3 Å². The number of benzene rings is 1. The number of amides is 4. The molecule has 3 atom stereocenters. The topological polar surface area (TPSA) is 270 Å². The van der Waals surface area contributed by atoms with Gasteiger partial charge in [0.05, 0.1) is 41.1 Å². The molecule has 5 N–H and O–H groups in total. The standard InChI is InChI=1S/C51H64FN9O11S/c1-8-51(68)37-22-41-45-35(27-61(41)48(66)36(37)28-72-49(51)67)33(34-21-31(4)38(52)23-40(34)57-45)16-14-20-71-29-56-43(63)26-53-46(64)39(17-12-13-19-60(5)6)58-47(65)44(30(2)3)59-42(62)18-11-9-10-15-32-24-54-50(55-25-32)73(7,69)70/h21-25,30,39,44,68H,8-9,11-14,16-20,26-29H2,1-7H3,(H,53,64)(H,56,63)(H,58,65)(H,59,62)/t39?,44?,51-/m0/s1. The Labute approximate surface area is 423 Å². The first kappa shape index (κ1) is 55.6. The third-order valence-electron chi connectivity index (χ3n) is 12.7. The Bertz CT molecular complexity index is 2990. The van der Waals surface area contributed by atoms with E-state index in [1.807, 2.05) is 19.0 Å². The van der Waals surface area contributed by atoms with E-state index in [-0.39, 0.29) is 73.9 Å². The highest BCUT2D eigenvalue weighted by atomic mass is 32.2. The highest BCUT2D eigenvalue weighted by Crippen LogP contribution is 2.41. The van der Waals surface area contributed by atoms with Gasteiger partial charge in [0.2, 0.25) is 38.6 Å².